The number of carbonyl (C=O) groups excluding carboxylic acids is 2. The molecule has 2 amide bonds. The maximum atomic E-state index is 12.6. The largest absolute Gasteiger partial charge is 0.494 e. The Labute approximate surface area is 196 Å². The summed E-state index contributed by atoms with van der Waals surface area (Å²) in [6.45, 7) is 5.96. The first kappa shape index (κ1) is 23.1. The molecule has 4 rings (SSSR count). The molecule has 2 aliphatic heterocycles. The van der Waals surface area contributed by atoms with Gasteiger partial charge >= 0.3 is 11.8 Å². The second-order valence-electron chi connectivity index (χ2n) is 8.79. The van der Waals surface area contributed by atoms with Crippen LogP contribution in [-0.2, 0) is 16.0 Å². The van der Waals surface area contributed by atoms with Crippen LogP contribution in [0.4, 0.5) is 11.4 Å². The number of likely N-dealkylation sites (tertiary alicyclic amines) is 1. The van der Waals surface area contributed by atoms with Gasteiger partial charge in [0.25, 0.3) is 0 Å². The standard InChI is InChI=1S/C26H34N4O3/c1-3-33-22-10-8-21(9-11-22)28-26(32)25(31)27-18-24(30-14-5-4-6-15-30)19-7-12-23-20(17-19)13-16-29(23)2/h7-12,17,24H,3-6,13-16,18H2,1-2H3,(H,27,31)(H,28,32)/t24-/m0/s1. The van der Waals surface area contributed by atoms with Gasteiger partial charge in [0.1, 0.15) is 5.75 Å². The molecule has 2 N–H and O–H groups in total. The highest BCUT2D eigenvalue weighted by Gasteiger charge is 2.26. The zero-order valence-corrected chi connectivity index (χ0v) is 19.6. The lowest BCUT2D eigenvalue weighted by Crippen LogP contribution is -2.43. The molecule has 2 aliphatic rings. The van der Waals surface area contributed by atoms with Crippen molar-refractivity contribution in [3.8, 4) is 5.75 Å². The molecule has 1 atom stereocenters. The summed E-state index contributed by atoms with van der Waals surface area (Å²) < 4.78 is 5.41. The zero-order valence-electron chi connectivity index (χ0n) is 19.6. The zero-order chi connectivity index (χ0) is 23.2. The van der Waals surface area contributed by atoms with Crippen molar-refractivity contribution in [2.45, 2.75) is 38.6 Å². The average Bonchev–Trinajstić information content (AvgIpc) is 3.21. The summed E-state index contributed by atoms with van der Waals surface area (Å²) in [6.07, 6.45) is 4.62. The van der Waals surface area contributed by atoms with E-state index in [0.29, 0.717) is 18.8 Å². The molecule has 176 valence electrons. The molecular weight excluding hydrogens is 416 g/mol. The lowest BCUT2D eigenvalue weighted by Gasteiger charge is -2.35. The highest BCUT2D eigenvalue weighted by atomic mass is 16.5. The Morgan fingerprint density at radius 3 is 2.48 bits per heavy atom. The summed E-state index contributed by atoms with van der Waals surface area (Å²) >= 11 is 0. The summed E-state index contributed by atoms with van der Waals surface area (Å²) in [5.74, 6) is -0.552. The first-order valence-electron chi connectivity index (χ1n) is 11.9. The highest BCUT2D eigenvalue weighted by Crippen LogP contribution is 2.32. The molecular formula is C26H34N4O3. The third kappa shape index (κ3) is 5.66. The molecule has 0 saturated carbocycles. The van der Waals surface area contributed by atoms with Gasteiger partial charge in [-0.1, -0.05) is 18.6 Å². The number of rotatable bonds is 7. The van der Waals surface area contributed by atoms with Gasteiger partial charge in [-0.3, -0.25) is 14.5 Å². The van der Waals surface area contributed by atoms with E-state index in [1.54, 1.807) is 24.3 Å². The molecule has 0 aromatic heterocycles. The van der Waals surface area contributed by atoms with Crippen LogP contribution in [0, 0.1) is 0 Å². The molecule has 1 fully saturated rings. The Kier molecular flexibility index (Phi) is 7.50. The molecule has 2 aromatic carbocycles. The maximum Gasteiger partial charge on any atom is 0.313 e. The number of nitrogens with zero attached hydrogens (tertiary/aromatic N) is 2. The molecule has 2 heterocycles. The number of nitrogens with one attached hydrogen (secondary N) is 2. The number of likely N-dealkylation sites (N-methyl/N-ethyl adjacent to an activating group) is 1. The molecule has 33 heavy (non-hydrogen) atoms. The van der Waals surface area contributed by atoms with Crippen LogP contribution in [-0.4, -0.2) is 56.5 Å². The Balaban J connectivity index is 1.41. The van der Waals surface area contributed by atoms with Gasteiger partial charge in [0.2, 0.25) is 0 Å². The predicted molar refractivity (Wildman–Crippen MR) is 131 cm³/mol. The number of ether oxygens (including phenoxy) is 1. The van der Waals surface area contributed by atoms with Gasteiger partial charge in [0.05, 0.1) is 12.6 Å². The maximum absolute atomic E-state index is 12.6. The van der Waals surface area contributed by atoms with Crippen LogP contribution < -0.4 is 20.3 Å². The SMILES string of the molecule is CCOc1ccc(NC(=O)C(=O)NC[C@@H](c2ccc3c(c2)CCN3C)N2CCCCC2)cc1. The van der Waals surface area contributed by atoms with E-state index in [4.69, 9.17) is 4.74 Å². The molecule has 0 radical (unpaired) electrons. The Morgan fingerprint density at radius 2 is 1.76 bits per heavy atom. The molecule has 7 nitrogen and oxygen atoms in total. The fraction of sp³-hybridized carbons (Fsp3) is 0.462. The van der Waals surface area contributed by atoms with Crippen LogP contribution in [0.5, 0.6) is 5.75 Å². The van der Waals surface area contributed by atoms with Gasteiger partial charge in [-0.15, -0.1) is 0 Å². The first-order valence-corrected chi connectivity index (χ1v) is 11.9. The molecule has 0 spiro atoms. The van der Waals surface area contributed by atoms with Crippen LogP contribution in [0.25, 0.3) is 0 Å². The van der Waals surface area contributed by atoms with E-state index in [0.717, 1.165) is 44.6 Å². The fourth-order valence-corrected chi connectivity index (χ4v) is 4.74. The van der Waals surface area contributed by atoms with E-state index >= 15 is 0 Å². The van der Waals surface area contributed by atoms with Gasteiger partial charge in [0, 0.05) is 31.5 Å². The molecule has 2 aromatic rings. The number of hydrogen-bond donors (Lipinski definition) is 2. The average molecular weight is 451 g/mol. The minimum absolute atomic E-state index is 0.0590. The van der Waals surface area contributed by atoms with Crippen LogP contribution in [0.2, 0.25) is 0 Å². The highest BCUT2D eigenvalue weighted by molar-refractivity contribution is 6.39. The van der Waals surface area contributed by atoms with Crippen LogP contribution in [0.3, 0.4) is 0 Å². The topological polar surface area (TPSA) is 73.9 Å². The molecule has 7 heteroatoms. The third-order valence-corrected chi connectivity index (χ3v) is 6.53. The number of amides is 2. The van der Waals surface area contributed by atoms with Crippen molar-refractivity contribution in [2.75, 3.05) is 50.1 Å². The van der Waals surface area contributed by atoms with E-state index in [2.05, 4.69) is 45.7 Å². The van der Waals surface area contributed by atoms with Crippen molar-refractivity contribution < 1.29 is 14.3 Å². The molecule has 0 aliphatic carbocycles. The Hall–Kier alpha value is -3.06. The second kappa shape index (κ2) is 10.7. The Morgan fingerprint density at radius 1 is 1.00 bits per heavy atom. The van der Waals surface area contributed by atoms with E-state index in [9.17, 15) is 9.59 Å². The van der Waals surface area contributed by atoms with Crippen LogP contribution in [0.15, 0.2) is 42.5 Å². The summed E-state index contributed by atoms with van der Waals surface area (Å²) in [5.41, 5.74) is 4.42. The van der Waals surface area contributed by atoms with E-state index < -0.39 is 11.8 Å². The smallest absolute Gasteiger partial charge is 0.313 e. The van der Waals surface area contributed by atoms with Gasteiger partial charge in [-0.25, -0.2) is 0 Å². The van der Waals surface area contributed by atoms with Gasteiger partial charge in [-0.05, 0) is 80.7 Å². The third-order valence-electron chi connectivity index (χ3n) is 6.53. The number of piperidine rings is 1. The molecule has 0 bridgehead atoms. The van der Waals surface area contributed by atoms with Crippen molar-refractivity contribution in [3.63, 3.8) is 0 Å². The number of anilines is 2. The monoisotopic (exact) mass is 450 g/mol. The summed E-state index contributed by atoms with van der Waals surface area (Å²) in [4.78, 5) is 29.8. The van der Waals surface area contributed by atoms with Crippen molar-refractivity contribution in [3.05, 3.63) is 53.6 Å². The normalized spacial score (nSPS) is 16.7. The first-order chi connectivity index (χ1) is 16.0. The molecule has 0 unspecified atom stereocenters. The summed E-state index contributed by atoms with van der Waals surface area (Å²) in [7, 11) is 2.12. The summed E-state index contributed by atoms with van der Waals surface area (Å²) in [5, 5.41) is 5.55. The lowest BCUT2D eigenvalue weighted by molar-refractivity contribution is -0.136. The van der Waals surface area contributed by atoms with E-state index in [1.807, 2.05) is 6.92 Å². The minimum atomic E-state index is -0.660. The van der Waals surface area contributed by atoms with Crippen molar-refractivity contribution >= 4 is 23.2 Å². The van der Waals surface area contributed by atoms with Gasteiger partial charge < -0.3 is 20.3 Å². The second-order valence-corrected chi connectivity index (χ2v) is 8.79. The quantitative estimate of drug-likeness (QED) is 0.633. The van der Waals surface area contributed by atoms with E-state index in [-0.39, 0.29) is 6.04 Å². The van der Waals surface area contributed by atoms with Crippen LogP contribution in [0.1, 0.15) is 43.4 Å². The minimum Gasteiger partial charge on any atom is -0.494 e. The van der Waals surface area contributed by atoms with Gasteiger partial charge in [-0.2, -0.15) is 0 Å². The molecule has 1 saturated heterocycles. The fourth-order valence-electron chi connectivity index (χ4n) is 4.74. The number of carbonyl (C=O) groups is 2. The van der Waals surface area contributed by atoms with Gasteiger partial charge in [0.15, 0.2) is 0 Å². The number of fused-ring (bicyclic) bond motifs is 1. The number of hydrogen-bond acceptors (Lipinski definition) is 5. The number of benzene rings is 2. The lowest BCUT2D eigenvalue weighted by atomic mass is 9.98. The Bertz CT molecular complexity index is 970. The van der Waals surface area contributed by atoms with Crippen molar-refractivity contribution in [1.29, 1.82) is 0 Å². The van der Waals surface area contributed by atoms with Crippen LogP contribution >= 0.6 is 0 Å². The van der Waals surface area contributed by atoms with Crippen molar-refractivity contribution in [2.24, 2.45) is 0 Å². The van der Waals surface area contributed by atoms with Crippen molar-refractivity contribution in [1.82, 2.24) is 10.2 Å². The predicted octanol–water partition coefficient (Wildman–Crippen LogP) is 3.36. The van der Waals surface area contributed by atoms with E-state index in [1.165, 1.54) is 23.2 Å². The summed E-state index contributed by atoms with van der Waals surface area (Å²) in [6, 6.07) is 13.7.